The van der Waals surface area contributed by atoms with E-state index < -0.39 is 5.97 Å². The molecule has 7 heteroatoms. The van der Waals surface area contributed by atoms with E-state index in [1.807, 2.05) is 66.7 Å². The fraction of sp³-hybridized carbons (Fsp3) is 0.355. The Balaban J connectivity index is 1.53. The maximum atomic E-state index is 12.7. The molecule has 7 nitrogen and oxygen atoms in total. The second-order valence-corrected chi connectivity index (χ2v) is 8.95. The molecule has 1 amide bonds. The summed E-state index contributed by atoms with van der Waals surface area (Å²) in [7, 11) is 0. The molecular formula is C31H38N2O5. The van der Waals surface area contributed by atoms with Gasteiger partial charge in [0, 0.05) is 24.3 Å². The van der Waals surface area contributed by atoms with Crippen molar-refractivity contribution < 1.29 is 23.9 Å². The zero-order chi connectivity index (χ0) is 27.0. The average Bonchev–Trinajstić information content (AvgIpc) is 2.94. The number of benzene rings is 3. The first-order valence-electron chi connectivity index (χ1n) is 13.3. The number of esters is 1. The SMILES string of the molecule is CCCCCCOc1ccc(C(=O)Nc2ccc(CN(Cc3ccccc3)OCC(=O)OCC)cc2)cc1. The van der Waals surface area contributed by atoms with Gasteiger partial charge in [0.15, 0.2) is 6.61 Å². The molecule has 0 aromatic heterocycles. The zero-order valence-electron chi connectivity index (χ0n) is 22.4. The number of unbranched alkanes of at least 4 members (excludes halogenated alkanes) is 3. The Morgan fingerprint density at radius 3 is 2.13 bits per heavy atom. The Bertz CT molecular complexity index is 1100. The molecule has 3 aromatic rings. The lowest BCUT2D eigenvalue weighted by atomic mass is 10.1. The highest BCUT2D eigenvalue weighted by molar-refractivity contribution is 6.04. The fourth-order valence-electron chi connectivity index (χ4n) is 3.80. The fourth-order valence-corrected chi connectivity index (χ4v) is 3.80. The predicted octanol–water partition coefficient (Wildman–Crippen LogP) is 6.39. The first kappa shape index (κ1) is 28.9. The van der Waals surface area contributed by atoms with Gasteiger partial charge in [-0.25, -0.2) is 4.79 Å². The molecule has 0 fully saturated rings. The molecule has 0 saturated carbocycles. The number of nitrogens with zero attached hydrogens (tertiary/aromatic N) is 1. The average molecular weight is 519 g/mol. The highest BCUT2D eigenvalue weighted by atomic mass is 16.7. The molecule has 1 N–H and O–H groups in total. The number of hydrogen-bond acceptors (Lipinski definition) is 6. The lowest BCUT2D eigenvalue weighted by Gasteiger charge is -2.22. The van der Waals surface area contributed by atoms with Gasteiger partial charge in [0.1, 0.15) is 5.75 Å². The van der Waals surface area contributed by atoms with Crippen molar-refractivity contribution in [2.24, 2.45) is 0 Å². The molecule has 0 aliphatic carbocycles. The van der Waals surface area contributed by atoms with Crippen LogP contribution in [0.15, 0.2) is 78.9 Å². The zero-order valence-corrected chi connectivity index (χ0v) is 22.4. The lowest BCUT2D eigenvalue weighted by Crippen LogP contribution is -2.27. The van der Waals surface area contributed by atoms with Gasteiger partial charge in [-0.05, 0) is 60.9 Å². The summed E-state index contributed by atoms with van der Waals surface area (Å²) in [5.41, 5.74) is 3.29. The number of anilines is 1. The standard InChI is InChI=1S/C31H38N2O5/c1-3-5-6-10-21-37-29-19-15-27(16-20-29)31(35)32-28-17-13-26(14-18-28)23-33(38-24-30(34)36-4-2)22-25-11-8-7-9-12-25/h7-9,11-20H,3-6,10,21-24H2,1-2H3,(H,32,35). The number of ether oxygens (including phenoxy) is 2. The van der Waals surface area contributed by atoms with Gasteiger partial charge < -0.3 is 14.8 Å². The lowest BCUT2D eigenvalue weighted by molar-refractivity contribution is -0.193. The van der Waals surface area contributed by atoms with Gasteiger partial charge >= 0.3 is 5.97 Å². The quantitative estimate of drug-likeness (QED) is 0.134. The van der Waals surface area contributed by atoms with E-state index in [-0.39, 0.29) is 12.5 Å². The normalized spacial score (nSPS) is 10.8. The Hall–Kier alpha value is -3.68. The van der Waals surface area contributed by atoms with Crippen LogP contribution in [-0.2, 0) is 27.5 Å². The van der Waals surface area contributed by atoms with Crippen molar-refractivity contribution in [2.45, 2.75) is 52.6 Å². The van der Waals surface area contributed by atoms with Crippen LogP contribution in [0.3, 0.4) is 0 Å². The first-order chi connectivity index (χ1) is 18.6. The van der Waals surface area contributed by atoms with Crippen molar-refractivity contribution in [3.63, 3.8) is 0 Å². The van der Waals surface area contributed by atoms with Gasteiger partial charge in [0.25, 0.3) is 5.91 Å². The van der Waals surface area contributed by atoms with Crippen molar-refractivity contribution in [1.29, 1.82) is 0 Å². The molecule has 0 saturated heterocycles. The molecular weight excluding hydrogens is 480 g/mol. The van der Waals surface area contributed by atoms with Crippen LogP contribution in [0.4, 0.5) is 5.69 Å². The van der Waals surface area contributed by atoms with E-state index in [0.29, 0.717) is 37.6 Å². The summed E-state index contributed by atoms with van der Waals surface area (Å²) >= 11 is 0. The van der Waals surface area contributed by atoms with Crippen molar-refractivity contribution in [3.8, 4) is 5.75 Å². The molecule has 38 heavy (non-hydrogen) atoms. The van der Waals surface area contributed by atoms with E-state index in [2.05, 4.69) is 12.2 Å². The third-order valence-corrected chi connectivity index (χ3v) is 5.83. The highest BCUT2D eigenvalue weighted by Crippen LogP contribution is 2.17. The second kappa shape index (κ2) is 16.2. The van der Waals surface area contributed by atoms with Crippen LogP contribution in [0.2, 0.25) is 0 Å². The first-order valence-corrected chi connectivity index (χ1v) is 13.3. The molecule has 0 heterocycles. The Morgan fingerprint density at radius 1 is 0.789 bits per heavy atom. The van der Waals surface area contributed by atoms with Crippen LogP contribution in [0.5, 0.6) is 5.75 Å². The molecule has 0 bridgehead atoms. The number of carbonyl (C=O) groups is 2. The Kier molecular flexibility index (Phi) is 12.3. The van der Waals surface area contributed by atoms with Crippen LogP contribution in [0, 0.1) is 0 Å². The van der Waals surface area contributed by atoms with Crippen molar-refractivity contribution in [1.82, 2.24) is 5.06 Å². The second-order valence-electron chi connectivity index (χ2n) is 8.95. The molecule has 0 unspecified atom stereocenters. The predicted molar refractivity (Wildman–Crippen MR) is 149 cm³/mol. The van der Waals surface area contributed by atoms with E-state index in [4.69, 9.17) is 14.3 Å². The van der Waals surface area contributed by atoms with Gasteiger partial charge in [0.05, 0.1) is 13.2 Å². The number of hydroxylamine groups is 2. The topological polar surface area (TPSA) is 77.1 Å². The summed E-state index contributed by atoms with van der Waals surface area (Å²) < 4.78 is 10.7. The number of nitrogens with one attached hydrogen (secondary N) is 1. The van der Waals surface area contributed by atoms with Gasteiger partial charge in [-0.15, -0.1) is 0 Å². The minimum Gasteiger partial charge on any atom is -0.494 e. The highest BCUT2D eigenvalue weighted by Gasteiger charge is 2.12. The largest absolute Gasteiger partial charge is 0.494 e. The molecule has 0 aliphatic rings. The Labute approximate surface area is 225 Å². The molecule has 0 spiro atoms. The van der Waals surface area contributed by atoms with Crippen molar-refractivity contribution >= 4 is 17.6 Å². The summed E-state index contributed by atoms with van der Waals surface area (Å²) in [4.78, 5) is 30.2. The van der Waals surface area contributed by atoms with Crippen LogP contribution in [0.1, 0.15) is 61.0 Å². The molecule has 3 aromatic carbocycles. The van der Waals surface area contributed by atoms with Crippen LogP contribution in [-0.4, -0.2) is 36.8 Å². The minimum atomic E-state index is -0.407. The van der Waals surface area contributed by atoms with Gasteiger partial charge in [0.2, 0.25) is 0 Å². The molecule has 0 atom stereocenters. The third-order valence-electron chi connectivity index (χ3n) is 5.83. The Morgan fingerprint density at radius 2 is 1.47 bits per heavy atom. The van der Waals surface area contributed by atoms with E-state index in [9.17, 15) is 9.59 Å². The summed E-state index contributed by atoms with van der Waals surface area (Å²) in [5, 5.41) is 4.66. The third kappa shape index (κ3) is 10.4. The number of carbonyl (C=O) groups excluding carboxylic acids is 2. The van der Waals surface area contributed by atoms with E-state index in [1.165, 1.54) is 19.3 Å². The minimum absolute atomic E-state index is 0.155. The van der Waals surface area contributed by atoms with E-state index in [1.54, 1.807) is 24.1 Å². The van der Waals surface area contributed by atoms with Gasteiger partial charge in [-0.1, -0.05) is 68.7 Å². The summed E-state index contributed by atoms with van der Waals surface area (Å²) in [5.74, 6) is 0.179. The van der Waals surface area contributed by atoms with Gasteiger partial charge in [-0.3, -0.25) is 9.63 Å². The van der Waals surface area contributed by atoms with Gasteiger partial charge in [-0.2, -0.15) is 5.06 Å². The van der Waals surface area contributed by atoms with Crippen LogP contribution in [0.25, 0.3) is 0 Å². The maximum Gasteiger partial charge on any atom is 0.334 e. The van der Waals surface area contributed by atoms with Crippen molar-refractivity contribution in [3.05, 3.63) is 95.6 Å². The van der Waals surface area contributed by atoms with Crippen molar-refractivity contribution in [2.75, 3.05) is 25.1 Å². The maximum absolute atomic E-state index is 12.7. The van der Waals surface area contributed by atoms with E-state index in [0.717, 1.165) is 23.3 Å². The van der Waals surface area contributed by atoms with Crippen LogP contribution < -0.4 is 10.1 Å². The molecule has 0 radical (unpaired) electrons. The molecule has 3 rings (SSSR count). The molecule has 202 valence electrons. The number of hydrogen-bond donors (Lipinski definition) is 1. The monoisotopic (exact) mass is 518 g/mol. The summed E-state index contributed by atoms with van der Waals surface area (Å²) in [6, 6.07) is 24.7. The summed E-state index contributed by atoms with van der Waals surface area (Å²) in [6.07, 6.45) is 4.62. The number of amides is 1. The molecule has 0 aliphatic heterocycles. The summed E-state index contributed by atoms with van der Waals surface area (Å²) in [6.45, 7) is 5.77. The van der Waals surface area contributed by atoms with Crippen LogP contribution >= 0.6 is 0 Å². The number of rotatable bonds is 16. The van der Waals surface area contributed by atoms with E-state index >= 15 is 0 Å². The smallest absolute Gasteiger partial charge is 0.334 e.